The van der Waals surface area contributed by atoms with Gasteiger partial charge in [-0.2, -0.15) is 0 Å². The van der Waals surface area contributed by atoms with Gasteiger partial charge in [-0.05, 0) is 49.5 Å². The number of imide groups is 1. The molecule has 0 saturated carbocycles. The van der Waals surface area contributed by atoms with Crippen LogP contribution >= 0.6 is 0 Å². The molecule has 1 aromatic rings. The molecule has 2 saturated heterocycles. The lowest BCUT2D eigenvalue weighted by Gasteiger charge is -2.28. The van der Waals surface area contributed by atoms with Crippen LogP contribution in [0.3, 0.4) is 0 Å². The molecule has 2 heterocycles. The first kappa shape index (κ1) is 15.6. The van der Waals surface area contributed by atoms with Crippen molar-refractivity contribution in [3.63, 3.8) is 0 Å². The van der Waals surface area contributed by atoms with Crippen LogP contribution in [-0.4, -0.2) is 36.5 Å². The molecule has 1 N–H and O–H groups in total. The predicted octanol–water partition coefficient (Wildman–Crippen LogP) is 2.98. The second-order valence-electron chi connectivity index (χ2n) is 6.08. The highest BCUT2D eigenvalue weighted by Crippen LogP contribution is 2.21. The third kappa shape index (κ3) is 3.38. The van der Waals surface area contributed by atoms with Crippen LogP contribution in [0.15, 0.2) is 30.0 Å². The molecule has 2 aliphatic heterocycles. The predicted molar refractivity (Wildman–Crippen MR) is 91.0 cm³/mol. The van der Waals surface area contributed by atoms with Crippen LogP contribution in [0.1, 0.15) is 38.2 Å². The van der Waals surface area contributed by atoms with Crippen LogP contribution in [-0.2, 0) is 4.79 Å². The summed E-state index contributed by atoms with van der Waals surface area (Å²) < 4.78 is 0. The van der Waals surface area contributed by atoms with Gasteiger partial charge in [0.25, 0.3) is 5.91 Å². The molecular weight excluding hydrogens is 290 g/mol. The first-order valence-electron chi connectivity index (χ1n) is 8.38. The molecule has 0 spiro atoms. The summed E-state index contributed by atoms with van der Waals surface area (Å²) in [6, 6.07) is 7.84. The maximum Gasteiger partial charge on any atom is 0.329 e. The Hall–Kier alpha value is -2.30. The SMILES string of the molecule is CCCN1C(=O)N/C(=C/c2ccc(N3CCCCC3)cc2)C1=O. The standard InChI is InChI=1S/C18H23N3O2/c1-2-10-21-17(22)16(19-18(21)23)13-14-6-8-15(9-7-14)20-11-4-3-5-12-20/h6-9,13H,2-5,10-12H2,1H3,(H,19,23)/b16-13+. The number of nitrogens with zero attached hydrogens (tertiary/aromatic N) is 2. The maximum absolute atomic E-state index is 12.2. The smallest absolute Gasteiger partial charge is 0.329 e. The lowest BCUT2D eigenvalue weighted by atomic mass is 10.1. The Morgan fingerprint density at radius 2 is 1.78 bits per heavy atom. The molecule has 122 valence electrons. The summed E-state index contributed by atoms with van der Waals surface area (Å²) in [6.45, 7) is 4.62. The summed E-state index contributed by atoms with van der Waals surface area (Å²) in [7, 11) is 0. The van der Waals surface area contributed by atoms with E-state index in [9.17, 15) is 9.59 Å². The van der Waals surface area contributed by atoms with E-state index >= 15 is 0 Å². The van der Waals surface area contributed by atoms with E-state index in [4.69, 9.17) is 0 Å². The number of piperidine rings is 1. The average Bonchev–Trinajstić information content (AvgIpc) is 2.84. The van der Waals surface area contributed by atoms with Gasteiger partial charge in [0, 0.05) is 25.3 Å². The van der Waals surface area contributed by atoms with E-state index in [0.29, 0.717) is 12.2 Å². The fourth-order valence-corrected chi connectivity index (χ4v) is 3.10. The molecule has 0 unspecified atom stereocenters. The van der Waals surface area contributed by atoms with Gasteiger partial charge in [-0.1, -0.05) is 19.1 Å². The minimum Gasteiger partial charge on any atom is -0.372 e. The molecule has 0 atom stereocenters. The van der Waals surface area contributed by atoms with Gasteiger partial charge in [-0.3, -0.25) is 9.69 Å². The summed E-state index contributed by atoms with van der Waals surface area (Å²) in [5, 5.41) is 2.65. The van der Waals surface area contributed by atoms with E-state index in [1.54, 1.807) is 6.08 Å². The summed E-state index contributed by atoms with van der Waals surface area (Å²) in [5.74, 6) is -0.239. The first-order valence-corrected chi connectivity index (χ1v) is 8.38. The minimum atomic E-state index is -0.326. The van der Waals surface area contributed by atoms with Crippen molar-refractivity contribution in [1.29, 1.82) is 0 Å². The Morgan fingerprint density at radius 3 is 2.43 bits per heavy atom. The number of rotatable bonds is 4. The normalized spacial score (nSPS) is 20.3. The van der Waals surface area contributed by atoms with Crippen LogP contribution in [0.4, 0.5) is 10.5 Å². The average molecular weight is 313 g/mol. The fraction of sp³-hybridized carbons (Fsp3) is 0.444. The molecule has 0 radical (unpaired) electrons. The molecule has 3 amide bonds. The van der Waals surface area contributed by atoms with Gasteiger partial charge in [0.05, 0.1) is 0 Å². The summed E-state index contributed by atoms with van der Waals surface area (Å²) in [5.41, 5.74) is 2.50. The van der Waals surface area contributed by atoms with Gasteiger partial charge in [-0.15, -0.1) is 0 Å². The molecule has 23 heavy (non-hydrogen) atoms. The van der Waals surface area contributed by atoms with Gasteiger partial charge in [0.1, 0.15) is 5.70 Å². The molecule has 0 aromatic heterocycles. The van der Waals surface area contributed by atoms with Crippen LogP contribution in [0.25, 0.3) is 6.08 Å². The van der Waals surface area contributed by atoms with E-state index in [2.05, 4.69) is 22.3 Å². The Kier molecular flexibility index (Phi) is 4.65. The van der Waals surface area contributed by atoms with Crippen molar-refractivity contribution < 1.29 is 9.59 Å². The van der Waals surface area contributed by atoms with Gasteiger partial charge in [0.2, 0.25) is 0 Å². The largest absolute Gasteiger partial charge is 0.372 e. The number of carbonyl (C=O) groups is 2. The van der Waals surface area contributed by atoms with Crippen LogP contribution in [0.5, 0.6) is 0 Å². The number of amides is 3. The molecule has 5 nitrogen and oxygen atoms in total. The first-order chi connectivity index (χ1) is 11.2. The van der Waals surface area contributed by atoms with Crippen molar-refractivity contribution in [1.82, 2.24) is 10.2 Å². The Bertz CT molecular complexity index is 616. The quantitative estimate of drug-likeness (QED) is 0.687. The number of anilines is 1. The number of hydrogen-bond acceptors (Lipinski definition) is 3. The van der Waals surface area contributed by atoms with Crippen molar-refractivity contribution >= 4 is 23.7 Å². The third-order valence-corrected chi connectivity index (χ3v) is 4.33. The highest BCUT2D eigenvalue weighted by Gasteiger charge is 2.32. The highest BCUT2D eigenvalue weighted by atomic mass is 16.2. The fourth-order valence-electron chi connectivity index (χ4n) is 3.10. The second-order valence-corrected chi connectivity index (χ2v) is 6.08. The van der Waals surface area contributed by atoms with Crippen molar-refractivity contribution in [2.24, 2.45) is 0 Å². The summed E-state index contributed by atoms with van der Waals surface area (Å²) in [6.07, 6.45) is 6.32. The van der Waals surface area contributed by atoms with E-state index in [1.165, 1.54) is 29.8 Å². The summed E-state index contributed by atoms with van der Waals surface area (Å²) in [4.78, 5) is 27.6. The van der Waals surface area contributed by atoms with Crippen LogP contribution < -0.4 is 10.2 Å². The zero-order chi connectivity index (χ0) is 16.2. The number of urea groups is 1. The molecule has 3 rings (SSSR count). The van der Waals surface area contributed by atoms with E-state index in [0.717, 1.165) is 25.1 Å². The molecule has 1 aromatic carbocycles. The molecule has 2 fully saturated rings. The Balaban J connectivity index is 1.72. The Morgan fingerprint density at radius 1 is 1.09 bits per heavy atom. The molecular formula is C18H23N3O2. The van der Waals surface area contributed by atoms with E-state index in [-0.39, 0.29) is 11.9 Å². The topological polar surface area (TPSA) is 52.7 Å². The highest BCUT2D eigenvalue weighted by molar-refractivity contribution is 6.13. The molecule has 0 aliphatic carbocycles. The number of nitrogens with one attached hydrogen (secondary N) is 1. The Labute approximate surface area is 137 Å². The van der Waals surface area contributed by atoms with Gasteiger partial charge >= 0.3 is 6.03 Å². The molecule has 2 aliphatic rings. The van der Waals surface area contributed by atoms with Crippen molar-refractivity contribution in [2.45, 2.75) is 32.6 Å². The van der Waals surface area contributed by atoms with Crippen LogP contribution in [0.2, 0.25) is 0 Å². The maximum atomic E-state index is 12.2. The zero-order valence-electron chi connectivity index (χ0n) is 13.5. The van der Waals surface area contributed by atoms with Gasteiger partial charge < -0.3 is 10.2 Å². The lowest BCUT2D eigenvalue weighted by molar-refractivity contribution is -0.122. The van der Waals surface area contributed by atoms with Crippen molar-refractivity contribution in [3.05, 3.63) is 35.5 Å². The van der Waals surface area contributed by atoms with Crippen molar-refractivity contribution in [3.8, 4) is 0 Å². The van der Waals surface area contributed by atoms with Gasteiger partial charge in [0.15, 0.2) is 0 Å². The third-order valence-electron chi connectivity index (χ3n) is 4.33. The van der Waals surface area contributed by atoms with Crippen molar-refractivity contribution in [2.75, 3.05) is 24.5 Å². The molecule has 0 bridgehead atoms. The second kappa shape index (κ2) is 6.86. The monoisotopic (exact) mass is 313 g/mol. The van der Waals surface area contributed by atoms with E-state index < -0.39 is 0 Å². The van der Waals surface area contributed by atoms with E-state index in [1.807, 2.05) is 19.1 Å². The number of hydrogen-bond donors (Lipinski definition) is 1. The molecule has 5 heteroatoms. The lowest BCUT2D eigenvalue weighted by Crippen LogP contribution is -2.31. The minimum absolute atomic E-state index is 0.239. The number of benzene rings is 1. The zero-order valence-corrected chi connectivity index (χ0v) is 13.5. The summed E-state index contributed by atoms with van der Waals surface area (Å²) >= 11 is 0. The number of carbonyl (C=O) groups excluding carboxylic acids is 2. The van der Waals surface area contributed by atoms with Gasteiger partial charge in [-0.25, -0.2) is 4.79 Å². The van der Waals surface area contributed by atoms with Crippen LogP contribution in [0, 0.1) is 0 Å².